The number of amides is 1. The second-order valence-corrected chi connectivity index (χ2v) is 11.0. The molecule has 0 radical (unpaired) electrons. The van der Waals surface area contributed by atoms with Gasteiger partial charge in [0.15, 0.2) is 17.3 Å². The summed E-state index contributed by atoms with van der Waals surface area (Å²) in [4.78, 5) is 41.6. The van der Waals surface area contributed by atoms with Gasteiger partial charge in [0.2, 0.25) is 5.43 Å². The van der Waals surface area contributed by atoms with Gasteiger partial charge in [0.1, 0.15) is 23.4 Å². The van der Waals surface area contributed by atoms with Crippen LogP contribution in [0.4, 0.5) is 15.8 Å². The number of ether oxygens (including phenoxy) is 3. The Morgan fingerprint density at radius 3 is 2.54 bits per heavy atom. The number of pyridine rings is 3. The number of halogens is 1. The van der Waals surface area contributed by atoms with Crippen molar-refractivity contribution in [3.05, 3.63) is 118 Å². The first kappa shape index (κ1) is 30.7. The maximum atomic E-state index is 15.8. The number of fused-ring (bicyclic) bond motifs is 1. The molecule has 5 aromatic rings. The lowest BCUT2D eigenvalue weighted by molar-refractivity contribution is 0.0997. The van der Waals surface area contributed by atoms with Gasteiger partial charge in [0.25, 0.3) is 5.91 Å². The van der Waals surface area contributed by atoms with E-state index in [0.29, 0.717) is 52.7 Å². The van der Waals surface area contributed by atoms with Crippen LogP contribution in [0.1, 0.15) is 46.6 Å². The van der Waals surface area contributed by atoms with E-state index in [2.05, 4.69) is 21.0 Å². The zero-order valence-corrected chi connectivity index (χ0v) is 25.8. The van der Waals surface area contributed by atoms with E-state index < -0.39 is 11.7 Å². The SMILES string of the molecule is COCCOc1cnc2c(Oc3ccc(N(C(=O)c4c(C)[nH]c(C)c(C5=CCCC5)c4=O)c4ccccc4)cc3F)ccnc2c1. The molecule has 0 saturated heterocycles. The molecule has 1 aliphatic carbocycles. The van der Waals surface area contributed by atoms with Gasteiger partial charge in [-0.15, -0.1) is 0 Å². The molecule has 0 aliphatic heterocycles. The number of methoxy groups -OCH3 is 1. The fraction of sp³-hybridized carbons (Fsp3) is 0.222. The first-order chi connectivity index (χ1) is 22.4. The number of anilines is 2. The number of carbonyl (C=O) groups is 1. The van der Waals surface area contributed by atoms with Gasteiger partial charge in [-0.3, -0.25) is 19.5 Å². The number of nitrogens with one attached hydrogen (secondary N) is 1. The van der Waals surface area contributed by atoms with E-state index in [1.165, 1.54) is 23.2 Å². The zero-order chi connectivity index (χ0) is 32.2. The third-order valence-corrected chi connectivity index (χ3v) is 7.84. The highest BCUT2D eigenvalue weighted by atomic mass is 19.1. The van der Waals surface area contributed by atoms with Gasteiger partial charge in [0.05, 0.1) is 24.0 Å². The number of nitrogens with zero attached hydrogens (tertiary/aromatic N) is 3. The van der Waals surface area contributed by atoms with E-state index in [0.717, 1.165) is 30.5 Å². The van der Waals surface area contributed by atoms with E-state index >= 15 is 4.39 Å². The Kier molecular flexibility index (Phi) is 8.89. The molecule has 6 rings (SSSR count). The Hall–Kier alpha value is -5.35. The number of hydrogen-bond acceptors (Lipinski definition) is 7. The second-order valence-electron chi connectivity index (χ2n) is 11.0. The van der Waals surface area contributed by atoms with Crippen molar-refractivity contribution >= 4 is 33.9 Å². The van der Waals surface area contributed by atoms with E-state index in [9.17, 15) is 9.59 Å². The molecule has 46 heavy (non-hydrogen) atoms. The van der Waals surface area contributed by atoms with Crippen molar-refractivity contribution in [1.29, 1.82) is 0 Å². The molecule has 10 heteroatoms. The second kappa shape index (κ2) is 13.3. The average molecular weight is 621 g/mol. The van der Waals surface area contributed by atoms with Crippen LogP contribution in [0.2, 0.25) is 0 Å². The standard InChI is InChI=1S/C36H33FN4O5/c1-22-32(24-9-7-8-10-24)35(42)33(23(2)40-22)36(43)41(25-11-5-4-6-12-25)26-13-14-30(28(37)19-26)46-31-15-16-38-29-20-27(21-39-34(29)31)45-18-17-44-3/h4-6,9,11-16,19-21H,7-8,10,17-18H2,1-3H3,(H,40,42). The van der Waals surface area contributed by atoms with E-state index in [-0.39, 0.29) is 22.4 Å². The van der Waals surface area contributed by atoms with Crippen LogP contribution in [-0.2, 0) is 4.74 Å². The highest BCUT2D eigenvalue weighted by Crippen LogP contribution is 2.35. The van der Waals surface area contributed by atoms with Gasteiger partial charge in [-0.25, -0.2) is 9.37 Å². The van der Waals surface area contributed by atoms with Crippen LogP contribution < -0.4 is 19.8 Å². The van der Waals surface area contributed by atoms with E-state index in [1.54, 1.807) is 62.7 Å². The lowest BCUT2D eigenvalue weighted by Gasteiger charge is -2.24. The third-order valence-electron chi connectivity index (χ3n) is 7.84. The van der Waals surface area contributed by atoms with Crippen molar-refractivity contribution in [2.45, 2.75) is 33.1 Å². The molecule has 1 aliphatic rings. The maximum Gasteiger partial charge on any atom is 0.268 e. The molecule has 2 aromatic carbocycles. The van der Waals surface area contributed by atoms with Crippen LogP contribution in [0.15, 0.2) is 83.9 Å². The number of aromatic nitrogens is 3. The largest absolute Gasteiger partial charge is 0.489 e. The number of aromatic amines is 1. The quantitative estimate of drug-likeness (QED) is 0.162. The summed E-state index contributed by atoms with van der Waals surface area (Å²) in [5.41, 5.74) is 3.97. The lowest BCUT2D eigenvalue weighted by Crippen LogP contribution is -2.33. The Labute approximate surface area is 265 Å². The van der Waals surface area contributed by atoms with Crippen molar-refractivity contribution in [2.75, 3.05) is 25.2 Å². The van der Waals surface area contributed by atoms with Crippen LogP contribution in [-0.4, -0.2) is 41.2 Å². The molecule has 0 atom stereocenters. The molecule has 1 N–H and O–H groups in total. The molecule has 0 spiro atoms. The maximum absolute atomic E-state index is 15.8. The molecule has 0 bridgehead atoms. The van der Waals surface area contributed by atoms with Crippen LogP contribution in [0.3, 0.4) is 0 Å². The summed E-state index contributed by atoms with van der Waals surface area (Å²) in [5.74, 6) is -0.525. The normalized spacial score (nSPS) is 12.7. The highest BCUT2D eigenvalue weighted by Gasteiger charge is 2.28. The van der Waals surface area contributed by atoms with Crippen LogP contribution in [0.5, 0.6) is 17.2 Å². The summed E-state index contributed by atoms with van der Waals surface area (Å²) in [5, 5.41) is 0. The summed E-state index contributed by atoms with van der Waals surface area (Å²) in [6.07, 6.45) is 7.77. The van der Waals surface area contributed by atoms with Crippen LogP contribution in [0, 0.1) is 19.7 Å². The van der Waals surface area contributed by atoms with Gasteiger partial charge in [-0.1, -0.05) is 24.3 Å². The highest BCUT2D eigenvalue weighted by molar-refractivity contribution is 6.11. The Morgan fingerprint density at radius 1 is 0.978 bits per heavy atom. The van der Waals surface area contributed by atoms with Gasteiger partial charge in [-0.05, 0) is 62.9 Å². The Balaban J connectivity index is 1.35. The molecule has 3 heterocycles. The molecular weight excluding hydrogens is 587 g/mol. The summed E-state index contributed by atoms with van der Waals surface area (Å²) in [6.45, 7) is 4.34. The van der Waals surface area contributed by atoms with Gasteiger partial charge < -0.3 is 19.2 Å². The Morgan fingerprint density at radius 2 is 1.80 bits per heavy atom. The zero-order valence-electron chi connectivity index (χ0n) is 25.8. The lowest BCUT2D eigenvalue weighted by atomic mass is 9.98. The first-order valence-corrected chi connectivity index (χ1v) is 15.0. The van der Waals surface area contributed by atoms with E-state index in [4.69, 9.17) is 14.2 Å². The van der Waals surface area contributed by atoms with Gasteiger partial charge in [0, 0.05) is 54.1 Å². The van der Waals surface area contributed by atoms with Crippen LogP contribution in [0.25, 0.3) is 16.6 Å². The molecule has 1 amide bonds. The van der Waals surface area contributed by atoms with Crippen LogP contribution >= 0.6 is 0 Å². The number of aryl methyl sites for hydroxylation is 2. The molecular formula is C36H33FN4O5. The van der Waals surface area contributed by atoms with Crippen molar-refractivity contribution in [1.82, 2.24) is 15.0 Å². The summed E-state index contributed by atoms with van der Waals surface area (Å²) < 4.78 is 32.4. The number of carbonyl (C=O) groups excluding carboxylic acids is 1. The predicted octanol–water partition coefficient (Wildman–Crippen LogP) is 7.44. The number of allylic oxidation sites excluding steroid dienone is 2. The summed E-state index contributed by atoms with van der Waals surface area (Å²) in [6, 6.07) is 16.4. The van der Waals surface area contributed by atoms with Crippen molar-refractivity contribution in [2.24, 2.45) is 0 Å². The molecule has 3 aromatic heterocycles. The molecule has 234 valence electrons. The molecule has 9 nitrogen and oxygen atoms in total. The monoisotopic (exact) mass is 620 g/mol. The number of H-pyrrole nitrogens is 1. The molecule has 0 fully saturated rings. The topological polar surface area (TPSA) is 107 Å². The summed E-state index contributed by atoms with van der Waals surface area (Å²) in [7, 11) is 1.59. The third kappa shape index (κ3) is 6.12. The van der Waals surface area contributed by atoms with Gasteiger partial charge >= 0.3 is 0 Å². The fourth-order valence-corrected chi connectivity index (χ4v) is 5.71. The molecule has 0 saturated carbocycles. The number of benzene rings is 2. The fourth-order valence-electron chi connectivity index (χ4n) is 5.71. The smallest absolute Gasteiger partial charge is 0.268 e. The number of hydrogen-bond donors (Lipinski definition) is 1. The summed E-state index contributed by atoms with van der Waals surface area (Å²) >= 11 is 0. The average Bonchev–Trinajstić information content (AvgIpc) is 3.57. The van der Waals surface area contributed by atoms with Crippen molar-refractivity contribution in [3.8, 4) is 17.2 Å². The predicted molar refractivity (Wildman–Crippen MR) is 175 cm³/mol. The first-order valence-electron chi connectivity index (χ1n) is 15.0. The molecule has 0 unspecified atom stereocenters. The number of para-hydroxylation sites is 1. The Bertz CT molecular complexity index is 2010. The van der Waals surface area contributed by atoms with Crippen molar-refractivity contribution in [3.63, 3.8) is 0 Å². The minimum absolute atomic E-state index is 0.0119. The van der Waals surface area contributed by atoms with E-state index in [1.807, 2.05) is 13.0 Å². The van der Waals surface area contributed by atoms with Gasteiger partial charge in [-0.2, -0.15) is 0 Å². The number of rotatable bonds is 10. The minimum atomic E-state index is -0.706. The minimum Gasteiger partial charge on any atom is -0.489 e. The van der Waals surface area contributed by atoms with Crippen molar-refractivity contribution < 1.29 is 23.4 Å².